The number of aryl methyl sites for hydroxylation is 1. The van der Waals surface area contributed by atoms with Gasteiger partial charge in [0.15, 0.2) is 11.6 Å². The first kappa shape index (κ1) is 30.4. The number of rotatable bonds is 11. The molecule has 1 aliphatic heterocycles. The maximum Gasteiger partial charge on any atom is 0.320 e. The summed E-state index contributed by atoms with van der Waals surface area (Å²) in [5.74, 6) is -1.11. The van der Waals surface area contributed by atoms with Crippen LogP contribution in [0, 0.1) is 23.5 Å². The summed E-state index contributed by atoms with van der Waals surface area (Å²) in [6, 6.07) is 16.6. The Labute approximate surface area is 248 Å². The molecule has 1 saturated heterocycles. The van der Waals surface area contributed by atoms with E-state index in [9.17, 15) is 18.7 Å². The Morgan fingerprint density at radius 3 is 2.43 bits per heavy atom. The van der Waals surface area contributed by atoms with Crippen LogP contribution in [0.2, 0.25) is 0 Å². The fraction of sp³-hybridized carbons (Fsp3) is 0.529. The van der Waals surface area contributed by atoms with Gasteiger partial charge in [-0.3, -0.25) is 9.48 Å². The predicted molar refractivity (Wildman–Crippen MR) is 161 cm³/mol. The number of likely N-dealkylation sites (tertiary alicyclic amines) is 1. The number of nitrogens with one attached hydrogen (secondary N) is 1. The Morgan fingerprint density at radius 1 is 1.05 bits per heavy atom. The molecule has 2 fully saturated rings. The normalized spacial score (nSPS) is 22.6. The Hall–Kier alpha value is -3.10. The lowest BCUT2D eigenvalue weighted by Crippen LogP contribution is -2.46. The number of carboxylic acids is 1. The van der Waals surface area contributed by atoms with Crippen molar-refractivity contribution in [2.45, 2.75) is 83.3 Å². The van der Waals surface area contributed by atoms with Gasteiger partial charge in [-0.25, -0.2) is 8.78 Å². The summed E-state index contributed by atoms with van der Waals surface area (Å²) in [7, 11) is 0. The molecule has 1 aromatic heterocycles. The van der Waals surface area contributed by atoms with Gasteiger partial charge in [0.05, 0.1) is 5.69 Å². The molecule has 0 bridgehead atoms. The van der Waals surface area contributed by atoms with Crippen LogP contribution in [0.4, 0.5) is 8.78 Å². The number of benzene rings is 2. The minimum absolute atomic E-state index is 0.0321. The van der Waals surface area contributed by atoms with Crippen LogP contribution >= 0.6 is 0 Å². The summed E-state index contributed by atoms with van der Waals surface area (Å²) in [4.78, 5) is 14.5. The zero-order valence-electron chi connectivity index (χ0n) is 25.0. The number of hydrogen-bond donors (Lipinski definition) is 2. The second-order valence-electron chi connectivity index (χ2n) is 12.5. The lowest BCUT2D eigenvalue weighted by molar-refractivity contribution is -0.140. The quantitative estimate of drug-likeness (QED) is 0.283. The first-order chi connectivity index (χ1) is 20.2. The number of aliphatic carboxylic acids is 1. The fourth-order valence-electron chi connectivity index (χ4n) is 7.13. The van der Waals surface area contributed by atoms with Crippen molar-refractivity contribution >= 4 is 5.97 Å². The Morgan fingerprint density at radius 2 is 1.79 bits per heavy atom. The number of carbonyl (C=O) groups is 1. The third-order valence-electron chi connectivity index (χ3n) is 9.30. The molecule has 0 amide bonds. The highest BCUT2D eigenvalue weighted by Gasteiger charge is 2.39. The van der Waals surface area contributed by atoms with Crippen LogP contribution in [0.1, 0.15) is 80.8 Å². The summed E-state index contributed by atoms with van der Waals surface area (Å²) < 4.78 is 29.2. The molecule has 1 aliphatic carbocycles. The maximum absolute atomic E-state index is 13.7. The van der Waals surface area contributed by atoms with E-state index < -0.39 is 23.6 Å². The molecule has 0 spiro atoms. The fourth-order valence-corrected chi connectivity index (χ4v) is 7.13. The van der Waals surface area contributed by atoms with Crippen molar-refractivity contribution in [1.29, 1.82) is 0 Å². The number of hydrogen-bond acceptors (Lipinski definition) is 4. The van der Waals surface area contributed by atoms with E-state index in [1.807, 2.05) is 13.8 Å². The van der Waals surface area contributed by atoms with Crippen LogP contribution < -0.4 is 5.32 Å². The number of carboxylic acid groups (broad SMARTS) is 1. The third kappa shape index (κ3) is 7.09. The first-order valence-corrected chi connectivity index (χ1v) is 15.5. The SMILES string of the molecule is CCn1nc(Cc2ccc(F)c(F)c2)cc1C1CCN(C[C@H]2CC(NC(C(=O)O)C(C)C)C[C@@H]2c2ccccc2)CC1. The second-order valence-corrected chi connectivity index (χ2v) is 12.5. The molecular formula is C34H44F2N4O2. The minimum Gasteiger partial charge on any atom is -0.480 e. The van der Waals surface area contributed by atoms with E-state index in [0.717, 1.165) is 63.1 Å². The number of nitrogens with zero attached hydrogens (tertiary/aromatic N) is 3. The van der Waals surface area contributed by atoms with Crippen LogP contribution in [-0.4, -0.2) is 57.5 Å². The van der Waals surface area contributed by atoms with Gasteiger partial charge in [-0.1, -0.05) is 50.2 Å². The molecule has 1 saturated carbocycles. The van der Waals surface area contributed by atoms with Gasteiger partial charge in [0.2, 0.25) is 0 Å². The van der Waals surface area contributed by atoms with Gasteiger partial charge in [0.1, 0.15) is 6.04 Å². The van der Waals surface area contributed by atoms with E-state index in [2.05, 4.69) is 58.2 Å². The predicted octanol–water partition coefficient (Wildman–Crippen LogP) is 6.21. The van der Waals surface area contributed by atoms with Gasteiger partial charge in [-0.2, -0.15) is 5.10 Å². The molecule has 2 N–H and O–H groups in total. The molecular weight excluding hydrogens is 534 g/mol. The van der Waals surface area contributed by atoms with Gasteiger partial charge in [-0.05, 0) is 92.8 Å². The highest BCUT2D eigenvalue weighted by Crippen LogP contribution is 2.41. The summed E-state index contributed by atoms with van der Waals surface area (Å²) >= 11 is 0. The lowest BCUT2D eigenvalue weighted by atomic mass is 9.87. The standard InChI is InChI=1S/C34H44F2N4O2/c1-4-40-32(20-28(38-40)16-23-10-11-30(35)31(36)17-23)25-12-14-39(15-13-25)21-26-18-27(37-33(22(2)3)34(41)42)19-29(26)24-8-6-5-7-9-24/h5-11,17,20,22,25-27,29,33,37H,4,12-16,18-19,21H2,1-3H3,(H,41,42)/t26-,27?,29-,33?/m1/s1. The molecule has 2 heterocycles. The van der Waals surface area contributed by atoms with Crippen LogP contribution in [0.25, 0.3) is 0 Å². The third-order valence-corrected chi connectivity index (χ3v) is 9.30. The zero-order valence-corrected chi connectivity index (χ0v) is 25.0. The molecule has 2 unspecified atom stereocenters. The Balaban J connectivity index is 1.22. The highest BCUT2D eigenvalue weighted by molar-refractivity contribution is 5.73. The van der Waals surface area contributed by atoms with E-state index in [0.29, 0.717) is 24.2 Å². The molecule has 4 atom stereocenters. The molecule has 226 valence electrons. The molecule has 2 aliphatic rings. The molecule has 8 heteroatoms. The Bertz CT molecular complexity index is 1340. The molecule has 42 heavy (non-hydrogen) atoms. The molecule has 6 nitrogen and oxygen atoms in total. The van der Waals surface area contributed by atoms with Crippen molar-refractivity contribution in [3.8, 4) is 0 Å². The van der Waals surface area contributed by atoms with Crippen LogP contribution in [-0.2, 0) is 17.8 Å². The van der Waals surface area contributed by atoms with Gasteiger partial charge in [0.25, 0.3) is 0 Å². The van der Waals surface area contributed by atoms with Gasteiger partial charge in [0, 0.05) is 37.2 Å². The van der Waals surface area contributed by atoms with Crippen molar-refractivity contribution in [3.05, 3.63) is 88.7 Å². The van der Waals surface area contributed by atoms with Crippen LogP contribution in [0.3, 0.4) is 0 Å². The average molecular weight is 579 g/mol. The largest absolute Gasteiger partial charge is 0.480 e. The molecule has 5 rings (SSSR count). The topological polar surface area (TPSA) is 70.4 Å². The van der Waals surface area contributed by atoms with E-state index in [1.54, 1.807) is 6.07 Å². The number of halogens is 2. The maximum atomic E-state index is 13.7. The minimum atomic E-state index is -0.829. The van der Waals surface area contributed by atoms with Crippen molar-refractivity contribution in [2.75, 3.05) is 19.6 Å². The van der Waals surface area contributed by atoms with Crippen LogP contribution in [0.15, 0.2) is 54.6 Å². The van der Waals surface area contributed by atoms with E-state index in [-0.39, 0.29) is 12.0 Å². The van der Waals surface area contributed by atoms with Crippen LogP contribution in [0.5, 0.6) is 0 Å². The molecule has 3 aromatic rings. The van der Waals surface area contributed by atoms with E-state index in [1.165, 1.54) is 23.4 Å². The second kappa shape index (κ2) is 13.5. The van der Waals surface area contributed by atoms with Crippen molar-refractivity contribution in [1.82, 2.24) is 20.0 Å². The van der Waals surface area contributed by atoms with E-state index in [4.69, 9.17) is 5.10 Å². The van der Waals surface area contributed by atoms with Gasteiger partial charge >= 0.3 is 5.97 Å². The zero-order chi connectivity index (χ0) is 29.8. The summed E-state index contributed by atoms with van der Waals surface area (Å²) in [6.45, 7) is 9.83. The monoisotopic (exact) mass is 578 g/mol. The van der Waals surface area contributed by atoms with Gasteiger partial charge < -0.3 is 15.3 Å². The summed E-state index contributed by atoms with van der Waals surface area (Å²) in [6.07, 6.45) is 4.52. The Kier molecular flexibility index (Phi) is 9.74. The average Bonchev–Trinajstić information content (AvgIpc) is 3.58. The summed E-state index contributed by atoms with van der Waals surface area (Å²) in [5.41, 5.74) is 4.18. The smallest absolute Gasteiger partial charge is 0.320 e. The number of aromatic nitrogens is 2. The lowest BCUT2D eigenvalue weighted by Gasteiger charge is -2.35. The number of piperidine rings is 1. The van der Waals surface area contributed by atoms with Crippen molar-refractivity contribution in [2.24, 2.45) is 11.8 Å². The molecule has 2 aromatic carbocycles. The first-order valence-electron chi connectivity index (χ1n) is 15.5. The van der Waals surface area contributed by atoms with E-state index >= 15 is 0 Å². The van der Waals surface area contributed by atoms with Crippen molar-refractivity contribution < 1.29 is 18.7 Å². The molecule has 0 radical (unpaired) electrons. The summed E-state index contributed by atoms with van der Waals surface area (Å²) in [5, 5.41) is 18.0. The highest BCUT2D eigenvalue weighted by atomic mass is 19.2. The van der Waals surface area contributed by atoms with Gasteiger partial charge in [-0.15, -0.1) is 0 Å². The van der Waals surface area contributed by atoms with Crippen molar-refractivity contribution in [3.63, 3.8) is 0 Å².